The Kier molecular flexibility index (Phi) is 5.50. The van der Waals surface area contributed by atoms with E-state index in [9.17, 15) is 14.8 Å². The molecule has 3 aromatic rings. The van der Waals surface area contributed by atoms with Crippen LogP contribution < -0.4 is 10.1 Å². The Morgan fingerprint density at radius 2 is 2.07 bits per heavy atom. The van der Waals surface area contributed by atoms with Crippen molar-refractivity contribution in [2.45, 2.75) is 6.10 Å². The van der Waals surface area contributed by atoms with E-state index in [1.807, 2.05) is 0 Å². The maximum atomic E-state index is 13.8. The third-order valence-corrected chi connectivity index (χ3v) is 4.15. The quantitative estimate of drug-likeness (QED) is 0.620. The first-order chi connectivity index (χ1) is 13.1. The molecule has 0 aliphatic carbocycles. The van der Waals surface area contributed by atoms with Crippen LogP contribution in [0.5, 0.6) is 5.75 Å². The molecular weight excluding hydrogens is 349 g/mol. The first-order valence-corrected chi connectivity index (χ1v) is 8.28. The molecule has 0 bridgehead atoms. The lowest BCUT2D eigenvalue weighted by molar-refractivity contribution is 0.105. The van der Waals surface area contributed by atoms with E-state index in [0.29, 0.717) is 33.5 Å². The van der Waals surface area contributed by atoms with Gasteiger partial charge in [-0.2, -0.15) is 5.26 Å². The molecule has 3 N–H and O–H groups in total. The second-order valence-electron chi connectivity index (χ2n) is 5.93. The highest BCUT2D eigenvalue weighted by atomic mass is 19.1. The van der Waals surface area contributed by atoms with Crippen molar-refractivity contribution in [3.05, 3.63) is 54.0 Å². The molecule has 0 aliphatic rings. The molecule has 1 aromatic heterocycles. The van der Waals surface area contributed by atoms with E-state index in [1.54, 1.807) is 30.3 Å². The molecule has 0 spiro atoms. The van der Waals surface area contributed by atoms with E-state index in [-0.39, 0.29) is 12.2 Å². The smallest absolute Gasteiger partial charge is 0.151 e. The third kappa shape index (κ3) is 3.82. The highest BCUT2D eigenvalue weighted by Crippen LogP contribution is 2.36. The summed E-state index contributed by atoms with van der Waals surface area (Å²) in [5.74, 6) is 0.550. The Balaban J connectivity index is 2.26. The fraction of sp³-hybridized carbons (Fsp3) is 0.200. The second kappa shape index (κ2) is 7.99. The van der Waals surface area contributed by atoms with Gasteiger partial charge in [0.15, 0.2) is 5.69 Å². The van der Waals surface area contributed by atoms with Gasteiger partial charge in [0.25, 0.3) is 0 Å². The molecule has 0 amide bonds. The molecule has 0 radical (unpaired) electrons. The van der Waals surface area contributed by atoms with E-state index >= 15 is 0 Å². The maximum Gasteiger partial charge on any atom is 0.151 e. The zero-order chi connectivity index (χ0) is 19.4. The summed E-state index contributed by atoms with van der Waals surface area (Å²) in [7, 11) is 1.53. The molecule has 0 fully saturated rings. The van der Waals surface area contributed by atoms with E-state index in [2.05, 4.69) is 16.4 Å². The first kappa shape index (κ1) is 18.6. The maximum absolute atomic E-state index is 13.8. The number of nitrogens with zero attached hydrogens (tertiary/aromatic N) is 2. The van der Waals surface area contributed by atoms with Crippen molar-refractivity contribution in [3.8, 4) is 22.9 Å². The number of rotatable bonds is 6. The molecule has 0 unspecified atom stereocenters. The van der Waals surface area contributed by atoms with Crippen LogP contribution in [0, 0.1) is 17.1 Å². The minimum absolute atomic E-state index is 0.0643. The number of nitriles is 1. The van der Waals surface area contributed by atoms with Gasteiger partial charge in [0.05, 0.1) is 19.8 Å². The van der Waals surface area contributed by atoms with Gasteiger partial charge in [0, 0.05) is 17.5 Å². The van der Waals surface area contributed by atoms with Crippen molar-refractivity contribution in [1.29, 1.82) is 5.26 Å². The molecule has 138 valence electrons. The molecular formula is C20H18FN3O3. The van der Waals surface area contributed by atoms with Crippen LogP contribution in [-0.2, 0) is 0 Å². The van der Waals surface area contributed by atoms with Crippen LogP contribution in [-0.4, -0.2) is 41.6 Å². The minimum Gasteiger partial charge on any atom is -0.497 e. The summed E-state index contributed by atoms with van der Waals surface area (Å²) in [5, 5.41) is 32.5. The standard InChI is InChI=1S/C20H18FN3O3/c1-27-15-5-6-16-17(8-15)19(12-3-2-4-13(21)7-12)18(9-22)24-20(16)23-10-14(26)11-25/h2-8,14,25-26H,10-11H2,1H3,(H,23,24)/t14-/m1/s1. The number of halogens is 1. The molecule has 1 atom stereocenters. The van der Waals surface area contributed by atoms with Gasteiger partial charge in [0.1, 0.15) is 23.5 Å². The van der Waals surface area contributed by atoms with Crippen molar-refractivity contribution < 1.29 is 19.3 Å². The molecule has 0 saturated heterocycles. The molecule has 2 aromatic carbocycles. The number of hydrogen-bond donors (Lipinski definition) is 3. The van der Waals surface area contributed by atoms with Crippen LogP contribution in [0.4, 0.5) is 10.2 Å². The number of fused-ring (bicyclic) bond motifs is 1. The van der Waals surface area contributed by atoms with Crippen LogP contribution >= 0.6 is 0 Å². The Morgan fingerprint density at radius 1 is 1.26 bits per heavy atom. The van der Waals surface area contributed by atoms with E-state index in [1.165, 1.54) is 19.2 Å². The normalized spacial score (nSPS) is 11.8. The van der Waals surface area contributed by atoms with E-state index < -0.39 is 18.5 Å². The Morgan fingerprint density at radius 3 is 2.74 bits per heavy atom. The lowest BCUT2D eigenvalue weighted by atomic mass is 9.96. The number of ether oxygens (including phenoxy) is 1. The average molecular weight is 367 g/mol. The van der Waals surface area contributed by atoms with E-state index in [4.69, 9.17) is 9.84 Å². The summed E-state index contributed by atoms with van der Waals surface area (Å²) >= 11 is 0. The molecule has 0 saturated carbocycles. The van der Waals surface area contributed by atoms with Crippen molar-refractivity contribution in [3.63, 3.8) is 0 Å². The van der Waals surface area contributed by atoms with Crippen LogP contribution in [0.3, 0.4) is 0 Å². The van der Waals surface area contributed by atoms with Gasteiger partial charge in [-0.05, 0) is 41.3 Å². The molecule has 3 rings (SSSR count). The molecule has 7 heteroatoms. The lowest BCUT2D eigenvalue weighted by Crippen LogP contribution is -2.23. The van der Waals surface area contributed by atoms with Gasteiger partial charge in [0.2, 0.25) is 0 Å². The number of aromatic nitrogens is 1. The fourth-order valence-corrected chi connectivity index (χ4v) is 2.85. The lowest BCUT2D eigenvalue weighted by Gasteiger charge is -2.16. The minimum atomic E-state index is -0.964. The highest BCUT2D eigenvalue weighted by Gasteiger charge is 2.17. The molecule has 27 heavy (non-hydrogen) atoms. The summed E-state index contributed by atoms with van der Waals surface area (Å²) in [5.41, 5.74) is 1.14. The molecule has 1 heterocycles. The number of aliphatic hydroxyl groups is 2. The van der Waals surface area contributed by atoms with Gasteiger partial charge in [-0.3, -0.25) is 0 Å². The third-order valence-electron chi connectivity index (χ3n) is 4.15. The van der Waals surface area contributed by atoms with Gasteiger partial charge < -0.3 is 20.3 Å². The fourth-order valence-electron chi connectivity index (χ4n) is 2.85. The summed E-state index contributed by atoms with van der Waals surface area (Å²) in [6.07, 6.45) is -0.964. The van der Waals surface area contributed by atoms with E-state index in [0.717, 1.165) is 0 Å². The van der Waals surface area contributed by atoms with Crippen LogP contribution in [0.15, 0.2) is 42.5 Å². The Hall–Kier alpha value is -3.21. The SMILES string of the molecule is COc1ccc2c(NC[C@@H](O)CO)nc(C#N)c(-c3cccc(F)c3)c2c1. The monoisotopic (exact) mass is 367 g/mol. The summed E-state index contributed by atoms with van der Waals surface area (Å²) in [6.45, 7) is -0.333. The molecule has 6 nitrogen and oxygen atoms in total. The van der Waals surface area contributed by atoms with Crippen molar-refractivity contribution in [2.24, 2.45) is 0 Å². The molecule has 0 aliphatic heterocycles. The summed E-state index contributed by atoms with van der Waals surface area (Å²) in [4.78, 5) is 4.36. The first-order valence-electron chi connectivity index (χ1n) is 8.28. The number of benzene rings is 2. The number of hydrogen-bond acceptors (Lipinski definition) is 6. The largest absolute Gasteiger partial charge is 0.497 e. The second-order valence-corrected chi connectivity index (χ2v) is 5.93. The predicted octanol–water partition coefficient (Wildman–Crippen LogP) is 2.69. The zero-order valence-corrected chi connectivity index (χ0v) is 14.6. The van der Waals surface area contributed by atoms with Crippen LogP contribution in [0.1, 0.15) is 5.69 Å². The Bertz CT molecular complexity index is 1020. The van der Waals surface area contributed by atoms with Crippen molar-refractivity contribution in [2.75, 3.05) is 25.6 Å². The number of anilines is 1. The summed E-state index contributed by atoms with van der Waals surface area (Å²) < 4.78 is 19.1. The summed E-state index contributed by atoms with van der Waals surface area (Å²) in [6, 6.07) is 13.3. The highest BCUT2D eigenvalue weighted by molar-refractivity contribution is 6.04. The van der Waals surface area contributed by atoms with Crippen LogP contribution in [0.2, 0.25) is 0 Å². The van der Waals surface area contributed by atoms with Crippen LogP contribution in [0.25, 0.3) is 21.9 Å². The number of methoxy groups -OCH3 is 1. The zero-order valence-electron chi connectivity index (χ0n) is 14.6. The number of pyridine rings is 1. The van der Waals surface area contributed by atoms with Gasteiger partial charge in [-0.15, -0.1) is 0 Å². The van der Waals surface area contributed by atoms with Gasteiger partial charge in [-0.25, -0.2) is 9.37 Å². The topological polar surface area (TPSA) is 98.4 Å². The van der Waals surface area contributed by atoms with Gasteiger partial charge >= 0.3 is 0 Å². The average Bonchev–Trinajstić information content (AvgIpc) is 2.70. The number of nitrogens with one attached hydrogen (secondary N) is 1. The van der Waals surface area contributed by atoms with Crippen molar-refractivity contribution in [1.82, 2.24) is 4.98 Å². The predicted molar refractivity (Wildman–Crippen MR) is 100.0 cm³/mol. The number of aliphatic hydroxyl groups excluding tert-OH is 2. The Labute approximate surface area is 155 Å². The van der Waals surface area contributed by atoms with Gasteiger partial charge in [-0.1, -0.05) is 12.1 Å². The van der Waals surface area contributed by atoms with Crippen molar-refractivity contribution >= 4 is 16.6 Å².